The van der Waals surface area contributed by atoms with Gasteiger partial charge in [-0.05, 0) is 56.2 Å². The van der Waals surface area contributed by atoms with Crippen molar-refractivity contribution in [3.63, 3.8) is 0 Å². The number of anilines is 1. The quantitative estimate of drug-likeness (QED) is 0.319. The molecule has 0 aliphatic carbocycles. The van der Waals surface area contributed by atoms with E-state index in [9.17, 15) is 14.7 Å². The molecule has 5 rings (SSSR count). The number of carbonyl (C=O) groups is 1. The van der Waals surface area contributed by atoms with Crippen LogP contribution in [0.4, 0.5) is 10.2 Å². The second-order valence-electron chi connectivity index (χ2n) is 10.4. The fourth-order valence-corrected chi connectivity index (χ4v) is 5.60. The number of aromatic nitrogens is 4. The highest BCUT2D eigenvalue weighted by Crippen LogP contribution is 2.37. The van der Waals surface area contributed by atoms with E-state index in [1.165, 1.54) is 34.9 Å². The highest BCUT2D eigenvalue weighted by Gasteiger charge is 2.30. The van der Waals surface area contributed by atoms with Gasteiger partial charge in [0.05, 0.1) is 28.0 Å². The number of benzene rings is 1. The highest BCUT2D eigenvalue weighted by molar-refractivity contribution is 5.94. The Labute approximate surface area is 243 Å². The van der Waals surface area contributed by atoms with Gasteiger partial charge < -0.3 is 14.9 Å². The number of aromatic hydroxyl groups is 1. The Balaban J connectivity index is 1.85. The smallest absolute Gasteiger partial charge is 0.355 e. The van der Waals surface area contributed by atoms with Crippen LogP contribution in [0.2, 0.25) is 0 Å². The number of halogens is 1. The van der Waals surface area contributed by atoms with E-state index in [-0.39, 0.29) is 34.6 Å². The van der Waals surface area contributed by atoms with Crippen LogP contribution in [0.1, 0.15) is 37.1 Å². The number of amides is 1. The lowest BCUT2D eigenvalue weighted by atomic mass is 10.0. The van der Waals surface area contributed by atoms with Crippen molar-refractivity contribution < 1.29 is 14.3 Å². The molecule has 10 heteroatoms. The van der Waals surface area contributed by atoms with Crippen LogP contribution in [0, 0.1) is 12.7 Å². The Bertz CT molecular complexity index is 1760. The van der Waals surface area contributed by atoms with Crippen molar-refractivity contribution in [1.29, 1.82) is 0 Å². The molecular weight excluding hydrogens is 535 g/mol. The normalized spacial score (nSPS) is 15.2. The number of hydrogen-bond donors (Lipinski definition) is 1. The largest absolute Gasteiger partial charge is 0.507 e. The molecule has 1 N–H and O–H groups in total. The van der Waals surface area contributed by atoms with Crippen molar-refractivity contribution >= 4 is 28.8 Å². The molecule has 3 aromatic heterocycles. The van der Waals surface area contributed by atoms with Crippen molar-refractivity contribution in [1.82, 2.24) is 24.4 Å². The summed E-state index contributed by atoms with van der Waals surface area (Å²) in [5.74, 6) is -0.693. The highest BCUT2D eigenvalue weighted by atomic mass is 19.1. The molecule has 4 heterocycles. The molecule has 1 saturated heterocycles. The average molecular weight is 569 g/mol. The summed E-state index contributed by atoms with van der Waals surface area (Å²) in [6.45, 7) is 14.7. The molecule has 0 saturated carbocycles. The number of fused-ring (bicyclic) bond motifs is 1. The molecule has 4 aromatic rings. The van der Waals surface area contributed by atoms with E-state index in [4.69, 9.17) is 4.98 Å². The van der Waals surface area contributed by atoms with Gasteiger partial charge in [-0.3, -0.25) is 9.78 Å². The molecule has 1 atom stereocenters. The van der Waals surface area contributed by atoms with Gasteiger partial charge in [0.15, 0.2) is 5.65 Å². The monoisotopic (exact) mass is 568 g/mol. The molecule has 0 spiro atoms. The predicted molar refractivity (Wildman–Crippen MR) is 162 cm³/mol. The summed E-state index contributed by atoms with van der Waals surface area (Å²) in [7, 11) is 0. The Morgan fingerprint density at radius 3 is 2.67 bits per heavy atom. The van der Waals surface area contributed by atoms with Crippen LogP contribution in [-0.2, 0) is 11.2 Å². The second kappa shape index (κ2) is 11.6. The number of phenols is 1. The number of phenolic OH excluding ortho intramolecular Hbond substituents is 1. The van der Waals surface area contributed by atoms with E-state index in [1.807, 2.05) is 31.7 Å². The first-order chi connectivity index (χ1) is 20.2. The van der Waals surface area contributed by atoms with Crippen molar-refractivity contribution in [3.8, 4) is 22.7 Å². The first-order valence-corrected chi connectivity index (χ1v) is 13.9. The number of piperazine rings is 1. The average Bonchev–Trinajstić information content (AvgIpc) is 2.97. The predicted octanol–water partition coefficient (Wildman–Crippen LogP) is 4.81. The molecule has 42 heavy (non-hydrogen) atoms. The molecule has 9 nitrogen and oxygen atoms in total. The molecular formula is C32H33FN6O3. The number of aryl methyl sites for hydroxylation is 2. The zero-order valence-electron chi connectivity index (χ0n) is 24.0. The van der Waals surface area contributed by atoms with Crippen LogP contribution < -0.4 is 10.6 Å². The lowest BCUT2D eigenvalue weighted by molar-refractivity contribution is -0.126. The summed E-state index contributed by atoms with van der Waals surface area (Å²) >= 11 is 0. The first-order valence-electron chi connectivity index (χ1n) is 13.9. The van der Waals surface area contributed by atoms with E-state index in [1.54, 1.807) is 17.2 Å². The summed E-state index contributed by atoms with van der Waals surface area (Å²) in [5.41, 5.74) is 2.29. The number of pyridine rings is 2. The maximum absolute atomic E-state index is 15.2. The Kier molecular flexibility index (Phi) is 7.89. The maximum Gasteiger partial charge on any atom is 0.355 e. The third kappa shape index (κ3) is 4.93. The van der Waals surface area contributed by atoms with Crippen LogP contribution in [-0.4, -0.2) is 61.1 Å². The van der Waals surface area contributed by atoms with Crippen LogP contribution in [0.15, 0.2) is 60.6 Å². The van der Waals surface area contributed by atoms with Crippen LogP contribution >= 0.6 is 0 Å². The molecule has 0 unspecified atom stereocenters. The van der Waals surface area contributed by atoms with E-state index in [0.717, 1.165) is 12.0 Å². The molecule has 1 aromatic carbocycles. The van der Waals surface area contributed by atoms with Gasteiger partial charge in [0.25, 0.3) is 0 Å². The molecule has 0 radical (unpaired) electrons. The molecule has 1 fully saturated rings. The summed E-state index contributed by atoms with van der Waals surface area (Å²) < 4.78 is 16.6. The lowest BCUT2D eigenvalue weighted by Crippen LogP contribution is -2.54. The Morgan fingerprint density at radius 2 is 2.00 bits per heavy atom. The van der Waals surface area contributed by atoms with Gasteiger partial charge in [-0.2, -0.15) is 4.98 Å². The number of hydrogen-bond acceptors (Lipinski definition) is 7. The van der Waals surface area contributed by atoms with Crippen molar-refractivity contribution in [2.45, 2.75) is 39.7 Å². The third-order valence-electron chi connectivity index (χ3n) is 7.62. The standard InChI is InChI=1S/C32H33FN6O3/c1-6-10-24-29(19(4)13-14-34-24)39-31-22(17-21(7-2)28(35-31)27-23(33)11-9-12-25(27)40)30(36-32(39)42)38-16-15-37(18-20(38)5)26(41)8-3/h7-9,11-14,17,20,40H,2-3,6,10,15-16,18H2,1,4-5H3/t20-/m0/s1. The fraction of sp³-hybridized carbons (Fsp3) is 0.281. The minimum Gasteiger partial charge on any atom is -0.507 e. The van der Waals surface area contributed by atoms with Crippen molar-refractivity contribution in [3.05, 3.63) is 88.9 Å². The van der Waals surface area contributed by atoms with E-state index in [0.29, 0.717) is 54.2 Å². The van der Waals surface area contributed by atoms with Gasteiger partial charge in [0, 0.05) is 37.4 Å². The van der Waals surface area contributed by atoms with Gasteiger partial charge in [-0.1, -0.05) is 38.6 Å². The minimum absolute atomic E-state index is 0.0896. The SMILES string of the molecule is C=CC(=O)N1CCN(c2nc(=O)n(-c3c(C)ccnc3CCC)c3nc(-c4c(O)cccc4F)c(C=C)cc23)[C@@H](C)C1. The number of carbonyl (C=O) groups excluding carboxylic acids is 1. The van der Waals surface area contributed by atoms with Gasteiger partial charge >= 0.3 is 5.69 Å². The first kappa shape index (κ1) is 28.7. The van der Waals surface area contributed by atoms with Gasteiger partial charge in [-0.25, -0.2) is 18.7 Å². The van der Waals surface area contributed by atoms with Crippen LogP contribution in [0.25, 0.3) is 34.1 Å². The number of nitrogens with zero attached hydrogens (tertiary/aromatic N) is 6. The lowest BCUT2D eigenvalue weighted by Gasteiger charge is -2.40. The van der Waals surface area contributed by atoms with Gasteiger partial charge in [0.2, 0.25) is 5.91 Å². The van der Waals surface area contributed by atoms with Gasteiger partial charge in [0.1, 0.15) is 17.4 Å². The maximum atomic E-state index is 15.2. The molecule has 0 bridgehead atoms. The van der Waals surface area contributed by atoms with Gasteiger partial charge in [-0.15, -0.1) is 0 Å². The summed E-state index contributed by atoms with van der Waals surface area (Å²) in [6, 6.07) is 7.46. The van der Waals surface area contributed by atoms with E-state index < -0.39 is 11.5 Å². The number of rotatable bonds is 7. The van der Waals surface area contributed by atoms with Crippen LogP contribution in [0.5, 0.6) is 5.75 Å². The topological polar surface area (TPSA) is 104 Å². The molecule has 1 amide bonds. The molecule has 216 valence electrons. The molecule has 1 aliphatic rings. The summed E-state index contributed by atoms with van der Waals surface area (Å²) in [5, 5.41) is 11.2. The minimum atomic E-state index is -0.658. The van der Waals surface area contributed by atoms with E-state index >= 15 is 4.39 Å². The summed E-state index contributed by atoms with van der Waals surface area (Å²) in [4.78, 5) is 44.0. The van der Waals surface area contributed by atoms with Crippen LogP contribution in [0.3, 0.4) is 0 Å². The fourth-order valence-electron chi connectivity index (χ4n) is 5.60. The Hall–Kier alpha value is -4.86. The summed E-state index contributed by atoms with van der Waals surface area (Å²) in [6.07, 6.45) is 5.96. The zero-order valence-corrected chi connectivity index (χ0v) is 24.0. The van der Waals surface area contributed by atoms with E-state index in [2.05, 4.69) is 23.1 Å². The van der Waals surface area contributed by atoms with Crippen molar-refractivity contribution in [2.75, 3.05) is 24.5 Å². The third-order valence-corrected chi connectivity index (χ3v) is 7.62. The van der Waals surface area contributed by atoms with Crippen molar-refractivity contribution in [2.24, 2.45) is 0 Å². The second-order valence-corrected chi connectivity index (χ2v) is 10.4. The zero-order chi connectivity index (χ0) is 30.1. The molecule has 1 aliphatic heterocycles. The Morgan fingerprint density at radius 1 is 1.21 bits per heavy atom.